The molecule has 6 nitrogen and oxygen atoms in total. The third-order valence-corrected chi connectivity index (χ3v) is 3.46. The quantitative estimate of drug-likeness (QED) is 0.701. The van der Waals surface area contributed by atoms with Crippen LogP contribution in [0, 0.1) is 5.82 Å². The molecule has 0 fully saturated rings. The van der Waals surface area contributed by atoms with E-state index in [1.165, 1.54) is 18.2 Å². The van der Waals surface area contributed by atoms with Gasteiger partial charge in [-0.3, -0.25) is 4.79 Å². The van der Waals surface area contributed by atoms with Crippen molar-refractivity contribution in [3.8, 4) is 5.75 Å². The van der Waals surface area contributed by atoms with Crippen molar-refractivity contribution in [1.82, 2.24) is 10.2 Å². The first-order valence-corrected chi connectivity index (χ1v) is 8.05. The first-order chi connectivity index (χ1) is 12.7. The van der Waals surface area contributed by atoms with Crippen molar-refractivity contribution in [2.75, 3.05) is 17.2 Å². The van der Waals surface area contributed by atoms with Crippen molar-refractivity contribution in [2.45, 2.75) is 6.92 Å². The molecule has 0 aliphatic rings. The summed E-state index contributed by atoms with van der Waals surface area (Å²) in [6.45, 7) is 2.53. The molecule has 3 aromatic rings. The van der Waals surface area contributed by atoms with Crippen LogP contribution in [0.25, 0.3) is 0 Å². The summed E-state index contributed by atoms with van der Waals surface area (Å²) in [5.41, 5.74) is 0.775. The number of anilines is 3. The Labute approximate surface area is 150 Å². The lowest BCUT2D eigenvalue weighted by Gasteiger charge is -2.08. The maximum Gasteiger partial charge on any atom is 0.259 e. The van der Waals surface area contributed by atoms with Gasteiger partial charge in [-0.2, -0.15) is 0 Å². The number of aromatic nitrogens is 2. The topological polar surface area (TPSA) is 76.1 Å². The Balaban J connectivity index is 1.63. The molecular formula is C19H17FN4O2. The Morgan fingerprint density at radius 1 is 1.00 bits per heavy atom. The average molecular weight is 352 g/mol. The molecule has 0 radical (unpaired) electrons. The fourth-order valence-electron chi connectivity index (χ4n) is 2.24. The number of hydrogen-bond acceptors (Lipinski definition) is 5. The van der Waals surface area contributed by atoms with Gasteiger partial charge in [0.15, 0.2) is 11.6 Å². The highest BCUT2D eigenvalue weighted by molar-refractivity contribution is 6.03. The van der Waals surface area contributed by atoms with Crippen LogP contribution in [0.5, 0.6) is 5.75 Å². The van der Waals surface area contributed by atoms with Gasteiger partial charge in [0.2, 0.25) is 0 Å². The summed E-state index contributed by atoms with van der Waals surface area (Å²) in [6, 6.07) is 16.4. The Hall–Kier alpha value is -3.48. The average Bonchev–Trinajstić information content (AvgIpc) is 2.65. The molecule has 0 aliphatic carbocycles. The zero-order chi connectivity index (χ0) is 18.4. The van der Waals surface area contributed by atoms with Gasteiger partial charge < -0.3 is 15.4 Å². The van der Waals surface area contributed by atoms with Crippen molar-refractivity contribution < 1.29 is 13.9 Å². The largest absolute Gasteiger partial charge is 0.494 e. The molecule has 0 unspecified atom stereocenters. The number of ether oxygens (including phenoxy) is 1. The minimum atomic E-state index is -0.591. The van der Waals surface area contributed by atoms with Crippen LogP contribution in [0.1, 0.15) is 17.3 Å². The molecule has 3 rings (SSSR count). The van der Waals surface area contributed by atoms with Gasteiger partial charge in [0.1, 0.15) is 11.6 Å². The van der Waals surface area contributed by atoms with E-state index in [1.807, 2.05) is 31.2 Å². The number of carbonyl (C=O) groups is 1. The van der Waals surface area contributed by atoms with E-state index in [0.717, 1.165) is 11.4 Å². The standard InChI is InChI=1S/C19H17FN4O2/c1-2-26-14-9-7-13(8-10-14)21-17-11-12-18(24-23-17)22-19(25)15-5-3-4-6-16(15)20/h3-12H,2H2,1H3,(H,21,23)(H,22,24,25). The van der Waals surface area contributed by atoms with E-state index in [2.05, 4.69) is 20.8 Å². The molecule has 2 N–H and O–H groups in total. The first-order valence-electron chi connectivity index (χ1n) is 8.05. The zero-order valence-electron chi connectivity index (χ0n) is 14.1. The van der Waals surface area contributed by atoms with E-state index in [4.69, 9.17) is 4.74 Å². The smallest absolute Gasteiger partial charge is 0.259 e. The summed E-state index contributed by atoms with van der Waals surface area (Å²) in [5.74, 6) is 0.361. The molecule has 0 spiro atoms. The predicted molar refractivity (Wildman–Crippen MR) is 97.3 cm³/mol. The summed E-state index contributed by atoms with van der Waals surface area (Å²) in [5, 5.41) is 13.5. The highest BCUT2D eigenvalue weighted by atomic mass is 19.1. The minimum Gasteiger partial charge on any atom is -0.494 e. The number of amides is 1. The van der Waals surface area contributed by atoms with Gasteiger partial charge in [-0.1, -0.05) is 12.1 Å². The lowest BCUT2D eigenvalue weighted by atomic mass is 10.2. The van der Waals surface area contributed by atoms with E-state index < -0.39 is 11.7 Å². The summed E-state index contributed by atoms with van der Waals surface area (Å²) >= 11 is 0. The fourth-order valence-corrected chi connectivity index (χ4v) is 2.24. The van der Waals surface area contributed by atoms with E-state index in [1.54, 1.807) is 18.2 Å². The third kappa shape index (κ3) is 4.32. The number of nitrogens with zero attached hydrogens (tertiary/aromatic N) is 2. The van der Waals surface area contributed by atoms with Gasteiger partial charge in [-0.05, 0) is 55.5 Å². The molecule has 0 bridgehead atoms. The van der Waals surface area contributed by atoms with Gasteiger partial charge in [-0.25, -0.2) is 4.39 Å². The molecule has 2 aromatic carbocycles. The summed E-state index contributed by atoms with van der Waals surface area (Å²) in [4.78, 5) is 12.0. The molecule has 26 heavy (non-hydrogen) atoms. The van der Waals surface area contributed by atoms with Crippen LogP contribution in [-0.4, -0.2) is 22.7 Å². The van der Waals surface area contributed by atoms with Crippen LogP contribution in [0.3, 0.4) is 0 Å². The number of carbonyl (C=O) groups excluding carboxylic acids is 1. The molecule has 1 amide bonds. The lowest BCUT2D eigenvalue weighted by Crippen LogP contribution is -2.15. The Bertz CT molecular complexity index is 883. The van der Waals surface area contributed by atoms with Crippen molar-refractivity contribution in [3.63, 3.8) is 0 Å². The lowest BCUT2D eigenvalue weighted by molar-refractivity contribution is 0.102. The second-order valence-electron chi connectivity index (χ2n) is 5.32. The van der Waals surface area contributed by atoms with Crippen LogP contribution in [0.15, 0.2) is 60.7 Å². The summed E-state index contributed by atoms with van der Waals surface area (Å²) < 4.78 is 19.0. The maximum atomic E-state index is 13.6. The van der Waals surface area contributed by atoms with Gasteiger partial charge in [0.25, 0.3) is 5.91 Å². The van der Waals surface area contributed by atoms with Gasteiger partial charge in [0.05, 0.1) is 12.2 Å². The van der Waals surface area contributed by atoms with E-state index in [-0.39, 0.29) is 11.4 Å². The number of benzene rings is 2. The molecule has 7 heteroatoms. The molecule has 0 saturated carbocycles. The summed E-state index contributed by atoms with van der Waals surface area (Å²) in [6.07, 6.45) is 0. The van der Waals surface area contributed by atoms with Crippen LogP contribution >= 0.6 is 0 Å². The number of nitrogens with one attached hydrogen (secondary N) is 2. The van der Waals surface area contributed by atoms with Crippen LogP contribution in [0.2, 0.25) is 0 Å². The van der Waals surface area contributed by atoms with E-state index >= 15 is 0 Å². The molecule has 1 heterocycles. The molecular weight excluding hydrogens is 335 g/mol. The maximum absolute atomic E-state index is 13.6. The van der Waals surface area contributed by atoms with Gasteiger partial charge >= 0.3 is 0 Å². The number of hydrogen-bond donors (Lipinski definition) is 2. The van der Waals surface area contributed by atoms with E-state index in [0.29, 0.717) is 12.4 Å². The number of rotatable bonds is 6. The molecule has 0 aliphatic heterocycles. The zero-order valence-corrected chi connectivity index (χ0v) is 14.1. The predicted octanol–water partition coefficient (Wildman–Crippen LogP) is 4.01. The van der Waals surface area contributed by atoms with Crippen molar-refractivity contribution >= 4 is 23.2 Å². The Morgan fingerprint density at radius 3 is 2.35 bits per heavy atom. The fraction of sp³-hybridized carbons (Fsp3) is 0.105. The third-order valence-electron chi connectivity index (χ3n) is 3.46. The molecule has 0 saturated heterocycles. The van der Waals surface area contributed by atoms with Crippen molar-refractivity contribution in [2.24, 2.45) is 0 Å². The van der Waals surface area contributed by atoms with Crippen LogP contribution in [0.4, 0.5) is 21.7 Å². The highest BCUT2D eigenvalue weighted by Gasteiger charge is 2.11. The van der Waals surface area contributed by atoms with Crippen molar-refractivity contribution in [1.29, 1.82) is 0 Å². The van der Waals surface area contributed by atoms with Crippen LogP contribution in [-0.2, 0) is 0 Å². The van der Waals surface area contributed by atoms with Crippen LogP contribution < -0.4 is 15.4 Å². The second-order valence-corrected chi connectivity index (χ2v) is 5.32. The molecule has 132 valence electrons. The first kappa shape index (κ1) is 17.3. The van der Waals surface area contributed by atoms with Gasteiger partial charge in [-0.15, -0.1) is 10.2 Å². The second kappa shape index (κ2) is 8.06. The summed E-state index contributed by atoms with van der Waals surface area (Å²) in [7, 11) is 0. The Morgan fingerprint density at radius 2 is 1.69 bits per heavy atom. The highest BCUT2D eigenvalue weighted by Crippen LogP contribution is 2.19. The number of halogens is 1. The normalized spacial score (nSPS) is 10.2. The minimum absolute atomic E-state index is 0.0501. The van der Waals surface area contributed by atoms with Gasteiger partial charge in [0, 0.05) is 5.69 Å². The molecule has 1 aromatic heterocycles. The van der Waals surface area contributed by atoms with E-state index in [9.17, 15) is 9.18 Å². The SMILES string of the molecule is CCOc1ccc(Nc2ccc(NC(=O)c3ccccc3F)nn2)cc1. The monoisotopic (exact) mass is 352 g/mol. The van der Waals surface area contributed by atoms with Crippen molar-refractivity contribution in [3.05, 3.63) is 72.0 Å². The Kier molecular flexibility index (Phi) is 5.38. The molecule has 0 atom stereocenters.